The van der Waals surface area contributed by atoms with Crippen molar-refractivity contribution in [1.29, 1.82) is 0 Å². The highest BCUT2D eigenvalue weighted by Gasteiger charge is 2.06. The smallest absolute Gasteiger partial charge is 0.332 e. The van der Waals surface area contributed by atoms with Crippen LogP contribution >= 0.6 is 11.6 Å². The molecule has 0 aliphatic heterocycles. The van der Waals surface area contributed by atoms with Crippen LogP contribution in [0.4, 0.5) is 0 Å². The Bertz CT molecular complexity index is 380. The molecule has 1 rings (SSSR count). The molecule has 80 valence electrons. The number of carboxylic acid groups (broad SMARTS) is 1. The summed E-state index contributed by atoms with van der Waals surface area (Å²) in [6, 6.07) is 6.21. The maximum Gasteiger partial charge on any atom is 0.332 e. The van der Waals surface area contributed by atoms with Crippen LogP contribution in [0.2, 0.25) is 5.02 Å². The normalized spacial score (nSPS) is 9.67. The summed E-state index contributed by atoms with van der Waals surface area (Å²) in [5.41, 5.74) is 2.28. The van der Waals surface area contributed by atoms with Crippen LogP contribution < -0.4 is 5.48 Å². The predicted molar refractivity (Wildman–Crippen MR) is 52.5 cm³/mol. The first kappa shape index (κ1) is 11.5. The van der Waals surface area contributed by atoms with Gasteiger partial charge in [-0.25, -0.2) is 10.3 Å². The third-order valence-corrected chi connectivity index (χ3v) is 1.68. The van der Waals surface area contributed by atoms with Crippen molar-refractivity contribution in [3.8, 4) is 0 Å². The molecule has 0 atom stereocenters. The Kier molecular flexibility index (Phi) is 4.08. The third kappa shape index (κ3) is 3.97. The van der Waals surface area contributed by atoms with Crippen LogP contribution in [-0.2, 0) is 9.63 Å². The Labute approximate surface area is 90.6 Å². The predicted octanol–water partition coefficient (Wildman–Crippen LogP) is 1.09. The van der Waals surface area contributed by atoms with Gasteiger partial charge >= 0.3 is 5.97 Å². The van der Waals surface area contributed by atoms with Crippen molar-refractivity contribution in [2.24, 2.45) is 0 Å². The number of nitrogens with one attached hydrogen (secondary N) is 1. The first-order chi connectivity index (χ1) is 7.09. The van der Waals surface area contributed by atoms with Crippen LogP contribution in [0.15, 0.2) is 24.3 Å². The van der Waals surface area contributed by atoms with E-state index in [9.17, 15) is 9.59 Å². The van der Waals surface area contributed by atoms with Crippen molar-refractivity contribution in [2.45, 2.75) is 0 Å². The molecule has 5 nitrogen and oxygen atoms in total. The largest absolute Gasteiger partial charge is 0.479 e. The lowest BCUT2D eigenvalue weighted by Crippen LogP contribution is -2.26. The Morgan fingerprint density at radius 2 is 2.20 bits per heavy atom. The second-order valence-corrected chi connectivity index (χ2v) is 3.06. The quantitative estimate of drug-likeness (QED) is 0.758. The van der Waals surface area contributed by atoms with E-state index >= 15 is 0 Å². The molecule has 15 heavy (non-hydrogen) atoms. The average molecular weight is 230 g/mol. The Hall–Kier alpha value is -1.59. The van der Waals surface area contributed by atoms with E-state index in [2.05, 4.69) is 4.84 Å². The zero-order chi connectivity index (χ0) is 11.3. The summed E-state index contributed by atoms with van der Waals surface area (Å²) in [5.74, 6) is -1.71. The van der Waals surface area contributed by atoms with Gasteiger partial charge in [0.15, 0.2) is 6.61 Å². The summed E-state index contributed by atoms with van der Waals surface area (Å²) in [5, 5.41) is 8.66. The average Bonchev–Trinajstić information content (AvgIpc) is 2.17. The molecule has 0 unspecified atom stereocenters. The van der Waals surface area contributed by atoms with Gasteiger partial charge in [-0.15, -0.1) is 0 Å². The van der Waals surface area contributed by atoms with Gasteiger partial charge in [0.05, 0.1) is 0 Å². The van der Waals surface area contributed by atoms with Crippen LogP contribution in [0.5, 0.6) is 0 Å². The van der Waals surface area contributed by atoms with Gasteiger partial charge in [-0.2, -0.15) is 0 Å². The molecule has 0 aliphatic rings. The van der Waals surface area contributed by atoms with E-state index < -0.39 is 18.5 Å². The number of benzene rings is 1. The molecular formula is C9H8ClNO4. The molecule has 0 fully saturated rings. The number of aliphatic carboxylic acids is 1. The second-order valence-electron chi connectivity index (χ2n) is 2.62. The lowest BCUT2D eigenvalue weighted by Gasteiger charge is -2.03. The SMILES string of the molecule is O=C(O)CONC(=O)c1cccc(Cl)c1. The van der Waals surface area contributed by atoms with E-state index in [0.717, 1.165) is 0 Å². The lowest BCUT2D eigenvalue weighted by atomic mass is 10.2. The lowest BCUT2D eigenvalue weighted by molar-refractivity contribution is -0.144. The van der Waals surface area contributed by atoms with Crippen molar-refractivity contribution in [1.82, 2.24) is 5.48 Å². The fraction of sp³-hybridized carbons (Fsp3) is 0.111. The highest BCUT2D eigenvalue weighted by atomic mass is 35.5. The number of carbonyl (C=O) groups excluding carboxylic acids is 1. The van der Waals surface area contributed by atoms with Gasteiger partial charge in [-0.1, -0.05) is 17.7 Å². The van der Waals surface area contributed by atoms with Gasteiger partial charge in [0.1, 0.15) is 0 Å². The minimum absolute atomic E-state index is 0.299. The summed E-state index contributed by atoms with van der Waals surface area (Å²) in [7, 11) is 0. The van der Waals surface area contributed by atoms with Crippen LogP contribution in [0, 0.1) is 0 Å². The first-order valence-corrected chi connectivity index (χ1v) is 4.37. The van der Waals surface area contributed by atoms with Crippen molar-refractivity contribution in [3.63, 3.8) is 0 Å². The van der Waals surface area contributed by atoms with Crippen molar-refractivity contribution in [2.75, 3.05) is 6.61 Å². The Morgan fingerprint density at radius 1 is 1.47 bits per heavy atom. The highest BCUT2D eigenvalue weighted by Crippen LogP contribution is 2.10. The topological polar surface area (TPSA) is 75.6 Å². The molecule has 0 radical (unpaired) electrons. The minimum atomic E-state index is -1.17. The number of amides is 1. The molecule has 0 aliphatic carbocycles. The maximum absolute atomic E-state index is 11.3. The molecule has 0 heterocycles. The summed E-state index contributed by atoms with van der Waals surface area (Å²) in [6.45, 7) is -0.591. The van der Waals surface area contributed by atoms with Gasteiger partial charge in [0, 0.05) is 10.6 Å². The Morgan fingerprint density at radius 3 is 2.80 bits per heavy atom. The number of rotatable bonds is 4. The molecule has 0 aromatic heterocycles. The van der Waals surface area contributed by atoms with Gasteiger partial charge in [0.2, 0.25) is 0 Å². The molecular weight excluding hydrogens is 222 g/mol. The van der Waals surface area contributed by atoms with Crippen LogP contribution in [-0.4, -0.2) is 23.6 Å². The molecule has 2 N–H and O–H groups in total. The van der Waals surface area contributed by atoms with E-state index in [4.69, 9.17) is 16.7 Å². The molecule has 1 amide bonds. The number of hydrogen-bond acceptors (Lipinski definition) is 3. The van der Waals surface area contributed by atoms with E-state index in [1.165, 1.54) is 12.1 Å². The summed E-state index contributed by atoms with van der Waals surface area (Å²) in [4.78, 5) is 25.8. The summed E-state index contributed by atoms with van der Waals surface area (Å²) in [6.07, 6.45) is 0. The van der Waals surface area contributed by atoms with Crippen molar-refractivity contribution >= 4 is 23.5 Å². The number of hydrogen-bond donors (Lipinski definition) is 2. The molecule has 1 aromatic carbocycles. The molecule has 0 saturated heterocycles. The van der Waals surface area contributed by atoms with Crippen LogP contribution in [0.3, 0.4) is 0 Å². The van der Waals surface area contributed by atoms with E-state index in [-0.39, 0.29) is 0 Å². The Balaban J connectivity index is 2.50. The van der Waals surface area contributed by atoms with E-state index in [1.807, 2.05) is 5.48 Å². The fourth-order valence-corrected chi connectivity index (χ4v) is 1.04. The zero-order valence-electron chi connectivity index (χ0n) is 7.57. The van der Waals surface area contributed by atoms with Crippen LogP contribution in [0.25, 0.3) is 0 Å². The van der Waals surface area contributed by atoms with E-state index in [1.54, 1.807) is 12.1 Å². The molecule has 0 bridgehead atoms. The molecule has 0 spiro atoms. The van der Waals surface area contributed by atoms with Gasteiger partial charge < -0.3 is 5.11 Å². The molecule has 0 saturated carbocycles. The maximum atomic E-state index is 11.3. The van der Waals surface area contributed by atoms with Gasteiger partial charge in [-0.05, 0) is 18.2 Å². The number of hydroxylamine groups is 1. The van der Waals surface area contributed by atoms with Crippen molar-refractivity contribution < 1.29 is 19.5 Å². The number of carboxylic acids is 1. The highest BCUT2D eigenvalue weighted by molar-refractivity contribution is 6.30. The first-order valence-electron chi connectivity index (χ1n) is 3.99. The zero-order valence-corrected chi connectivity index (χ0v) is 8.32. The van der Waals surface area contributed by atoms with Crippen LogP contribution in [0.1, 0.15) is 10.4 Å². The third-order valence-electron chi connectivity index (χ3n) is 1.45. The van der Waals surface area contributed by atoms with Gasteiger partial charge in [-0.3, -0.25) is 9.63 Å². The van der Waals surface area contributed by atoms with Gasteiger partial charge in [0.25, 0.3) is 5.91 Å². The molecule has 1 aromatic rings. The molecule has 6 heteroatoms. The standard InChI is InChI=1S/C9H8ClNO4/c10-7-3-1-2-6(4-7)9(14)11-15-5-8(12)13/h1-4H,5H2,(H,11,14)(H,12,13). The summed E-state index contributed by atoms with van der Waals surface area (Å²) >= 11 is 5.66. The monoisotopic (exact) mass is 229 g/mol. The number of halogens is 1. The second kappa shape index (κ2) is 5.33. The van der Waals surface area contributed by atoms with Crippen molar-refractivity contribution in [3.05, 3.63) is 34.9 Å². The summed E-state index contributed by atoms with van der Waals surface area (Å²) < 4.78 is 0. The fourth-order valence-electron chi connectivity index (χ4n) is 0.852. The minimum Gasteiger partial charge on any atom is -0.479 e. The number of carbonyl (C=O) groups is 2. The van der Waals surface area contributed by atoms with E-state index in [0.29, 0.717) is 10.6 Å².